The zero-order chi connectivity index (χ0) is 18.8. The molecule has 1 aliphatic carbocycles. The number of carbonyl (C=O) groups excluding carboxylic acids is 1. The molecule has 2 rings (SSSR count). The summed E-state index contributed by atoms with van der Waals surface area (Å²) in [6.45, 7) is 2.76. The quantitative estimate of drug-likeness (QED) is 0.362. The third-order valence-corrected chi connectivity index (χ3v) is 4.12. The van der Waals surface area contributed by atoms with Gasteiger partial charge in [-0.25, -0.2) is 0 Å². The van der Waals surface area contributed by atoms with E-state index < -0.39 is 12.0 Å². The number of aliphatic carboxylic acids is 1. The summed E-state index contributed by atoms with van der Waals surface area (Å²) >= 11 is 0. The number of rotatable bonds is 10. The van der Waals surface area contributed by atoms with E-state index in [1.54, 1.807) is 24.3 Å². The van der Waals surface area contributed by atoms with Crippen LogP contribution >= 0.6 is 0 Å². The molecule has 142 valence electrons. The van der Waals surface area contributed by atoms with Gasteiger partial charge in [-0.2, -0.15) is 0 Å². The molecule has 0 saturated heterocycles. The van der Waals surface area contributed by atoms with Gasteiger partial charge in [0.15, 0.2) is 5.78 Å². The van der Waals surface area contributed by atoms with Gasteiger partial charge in [0, 0.05) is 53.0 Å². The Kier molecular flexibility index (Phi) is 12.9. The molecular formula is C19H29CdNO5. The SMILES string of the molecule is CCCOC(CC(=O)c1ccc(CC(N)C(=O)O)cc1)C1CC1.CO.[Cd]. The number of hydrogen-bond acceptors (Lipinski definition) is 5. The van der Waals surface area contributed by atoms with Crippen molar-refractivity contribution in [3.8, 4) is 0 Å². The second-order valence-corrected chi connectivity index (χ2v) is 6.22. The molecule has 0 bridgehead atoms. The van der Waals surface area contributed by atoms with Crippen molar-refractivity contribution in [2.24, 2.45) is 11.7 Å². The summed E-state index contributed by atoms with van der Waals surface area (Å²) in [6, 6.07) is 6.12. The average Bonchev–Trinajstić information content (AvgIpc) is 3.45. The minimum absolute atomic E-state index is 0. The van der Waals surface area contributed by atoms with Crippen LogP contribution < -0.4 is 5.73 Å². The first kappa shape index (κ1) is 25.2. The van der Waals surface area contributed by atoms with Crippen molar-refractivity contribution in [1.29, 1.82) is 0 Å². The van der Waals surface area contributed by atoms with Gasteiger partial charge in [0.2, 0.25) is 0 Å². The minimum atomic E-state index is -1.02. The Morgan fingerprint density at radius 1 is 1.23 bits per heavy atom. The van der Waals surface area contributed by atoms with Crippen LogP contribution in [0, 0.1) is 5.92 Å². The molecule has 7 heteroatoms. The monoisotopic (exact) mass is 465 g/mol. The molecule has 0 heterocycles. The predicted octanol–water partition coefficient (Wildman–Crippen LogP) is 2.02. The summed E-state index contributed by atoms with van der Waals surface area (Å²) < 4.78 is 5.81. The number of carbonyl (C=O) groups is 2. The fourth-order valence-electron chi connectivity index (χ4n) is 2.57. The molecule has 1 fully saturated rings. The van der Waals surface area contributed by atoms with E-state index in [0.717, 1.165) is 31.9 Å². The van der Waals surface area contributed by atoms with E-state index in [0.29, 0.717) is 24.5 Å². The predicted molar refractivity (Wildman–Crippen MR) is 95.6 cm³/mol. The Morgan fingerprint density at radius 3 is 2.27 bits per heavy atom. The maximum absolute atomic E-state index is 12.4. The summed E-state index contributed by atoms with van der Waals surface area (Å²) in [5.74, 6) is -0.420. The van der Waals surface area contributed by atoms with Crippen molar-refractivity contribution in [3.63, 3.8) is 0 Å². The maximum atomic E-state index is 12.4. The van der Waals surface area contributed by atoms with Crippen LogP contribution in [0.15, 0.2) is 24.3 Å². The number of aliphatic hydroxyl groups is 1. The van der Waals surface area contributed by atoms with Gasteiger partial charge in [0.25, 0.3) is 0 Å². The zero-order valence-electron chi connectivity index (χ0n) is 15.7. The first-order chi connectivity index (χ1) is 12.0. The first-order valence-corrected chi connectivity index (χ1v) is 8.68. The van der Waals surface area contributed by atoms with Crippen molar-refractivity contribution in [1.82, 2.24) is 0 Å². The summed E-state index contributed by atoms with van der Waals surface area (Å²) in [5.41, 5.74) is 6.98. The van der Waals surface area contributed by atoms with Gasteiger partial charge >= 0.3 is 5.97 Å². The molecule has 26 heavy (non-hydrogen) atoms. The minimum Gasteiger partial charge on any atom is -0.480 e. The van der Waals surface area contributed by atoms with Crippen molar-refractivity contribution >= 4 is 11.8 Å². The number of carboxylic acid groups (broad SMARTS) is 1. The molecule has 0 aliphatic heterocycles. The summed E-state index contributed by atoms with van der Waals surface area (Å²) in [5, 5.41) is 15.8. The number of hydrogen-bond donors (Lipinski definition) is 3. The van der Waals surface area contributed by atoms with E-state index in [2.05, 4.69) is 6.92 Å². The summed E-state index contributed by atoms with van der Waals surface area (Å²) in [6.07, 6.45) is 3.95. The number of aliphatic hydroxyl groups excluding tert-OH is 1. The normalized spacial score (nSPS) is 15.1. The standard InChI is InChI=1S/C18H25NO4.CH4O.Cd/c1-2-9-23-17(14-7-8-14)11-16(20)13-5-3-12(4-6-13)10-15(19)18(21)22;1-2;/h3-6,14-15,17H,2,7-11,19H2,1H3,(H,21,22);2H,1H3;. The van der Waals surface area contributed by atoms with E-state index in [9.17, 15) is 9.59 Å². The second-order valence-electron chi connectivity index (χ2n) is 6.22. The third-order valence-electron chi connectivity index (χ3n) is 4.12. The molecular weight excluding hydrogens is 435 g/mol. The van der Waals surface area contributed by atoms with Crippen LogP contribution in [0.2, 0.25) is 0 Å². The molecule has 1 aliphatic rings. The van der Waals surface area contributed by atoms with Gasteiger partial charge in [-0.15, -0.1) is 0 Å². The first-order valence-electron chi connectivity index (χ1n) is 8.68. The topological polar surface area (TPSA) is 110 Å². The molecule has 0 aromatic heterocycles. The fraction of sp³-hybridized carbons (Fsp3) is 0.579. The zero-order valence-corrected chi connectivity index (χ0v) is 19.7. The molecule has 1 aromatic rings. The number of benzene rings is 1. The number of nitrogens with two attached hydrogens (primary N) is 1. The van der Waals surface area contributed by atoms with Gasteiger partial charge in [-0.3, -0.25) is 9.59 Å². The van der Waals surface area contributed by atoms with Crippen LogP contribution in [0.3, 0.4) is 0 Å². The molecule has 2 unspecified atom stereocenters. The van der Waals surface area contributed by atoms with E-state index in [-0.39, 0.29) is 45.6 Å². The average molecular weight is 464 g/mol. The van der Waals surface area contributed by atoms with Crippen LogP contribution in [-0.4, -0.2) is 47.8 Å². The van der Waals surface area contributed by atoms with Crippen LogP contribution in [0.25, 0.3) is 0 Å². The van der Waals surface area contributed by atoms with E-state index in [4.69, 9.17) is 20.7 Å². The Bertz CT molecular complexity index is 545. The van der Waals surface area contributed by atoms with Crippen molar-refractivity contribution in [2.45, 2.75) is 51.2 Å². The largest absolute Gasteiger partial charge is 0.480 e. The van der Waals surface area contributed by atoms with Gasteiger partial charge in [0.05, 0.1) is 6.10 Å². The van der Waals surface area contributed by atoms with Crippen molar-refractivity contribution in [3.05, 3.63) is 35.4 Å². The van der Waals surface area contributed by atoms with Crippen LogP contribution in [0.4, 0.5) is 0 Å². The van der Waals surface area contributed by atoms with Crippen LogP contribution in [0.1, 0.15) is 48.5 Å². The smallest absolute Gasteiger partial charge is 0.320 e. The van der Waals surface area contributed by atoms with Gasteiger partial charge in [-0.1, -0.05) is 31.2 Å². The van der Waals surface area contributed by atoms with Crippen LogP contribution in [0.5, 0.6) is 0 Å². The molecule has 0 spiro atoms. The molecule has 1 aromatic carbocycles. The summed E-state index contributed by atoms with van der Waals surface area (Å²) in [7, 11) is 1.00. The molecule has 6 nitrogen and oxygen atoms in total. The van der Waals surface area contributed by atoms with Crippen molar-refractivity contribution < 1.29 is 51.8 Å². The Morgan fingerprint density at radius 2 is 1.81 bits per heavy atom. The molecule has 0 amide bonds. The number of ketones is 1. The molecule has 0 radical (unpaired) electrons. The van der Waals surface area contributed by atoms with Crippen LogP contribution in [-0.2, 0) is 43.3 Å². The molecule has 2 atom stereocenters. The molecule has 1 saturated carbocycles. The van der Waals surface area contributed by atoms with E-state index in [1.165, 1.54) is 0 Å². The van der Waals surface area contributed by atoms with E-state index >= 15 is 0 Å². The van der Waals surface area contributed by atoms with Gasteiger partial charge in [0.1, 0.15) is 6.04 Å². The number of Topliss-reactive ketones (excluding diaryl/α,β-unsaturated/α-hetero) is 1. The maximum Gasteiger partial charge on any atom is 0.320 e. The Balaban J connectivity index is 0.00000201. The number of ether oxygens (including phenoxy) is 1. The van der Waals surface area contributed by atoms with Gasteiger partial charge in [-0.05, 0) is 37.2 Å². The Labute approximate surface area is 175 Å². The Hall–Kier alpha value is -0.838. The third kappa shape index (κ3) is 8.70. The second kappa shape index (κ2) is 13.3. The van der Waals surface area contributed by atoms with Crippen molar-refractivity contribution in [2.75, 3.05) is 13.7 Å². The van der Waals surface area contributed by atoms with Gasteiger partial charge < -0.3 is 20.7 Å². The fourth-order valence-corrected chi connectivity index (χ4v) is 2.57. The van der Waals surface area contributed by atoms with E-state index in [1.807, 2.05) is 0 Å². The summed E-state index contributed by atoms with van der Waals surface area (Å²) in [4.78, 5) is 23.2. The molecule has 4 N–H and O–H groups in total. The number of carboxylic acids is 1.